The van der Waals surface area contributed by atoms with Crippen molar-refractivity contribution in [1.29, 1.82) is 0 Å². The highest BCUT2D eigenvalue weighted by molar-refractivity contribution is 8.18. The minimum absolute atomic E-state index is 0.117. The fraction of sp³-hybridized carbons (Fsp3) is 0.433. The number of nitrogens with zero attached hydrogens (tertiary/aromatic N) is 4. The van der Waals surface area contributed by atoms with Gasteiger partial charge in [-0.2, -0.15) is 31.4 Å². The number of carbonyl (C=O) groups is 2. The molecule has 0 radical (unpaired) electrons. The molecule has 2 amide bonds. The monoisotopic (exact) mass is 622 g/mol. The third kappa shape index (κ3) is 6.06. The Balaban J connectivity index is 1.20. The first kappa shape index (κ1) is 29.7. The molecular formula is C30H28F6N4O2S. The van der Waals surface area contributed by atoms with Crippen LogP contribution in [-0.2, 0) is 23.7 Å². The zero-order chi connectivity index (χ0) is 30.5. The molecule has 0 saturated carbocycles. The van der Waals surface area contributed by atoms with Crippen molar-refractivity contribution >= 4 is 39.9 Å². The quantitative estimate of drug-likeness (QED) is 0.219. The Morgan fingerprint density at radius 2 is 1.72 bits per heavy atom. The number of thioether (sulfide) groups is 1. The van der Waals surface area contributed by atoms with Crippen LogP contribution in [-0.4, -0.2) is 56.4 Å². The second-order valence-corrected chi connectivity index (χ2v) is 12.3. The van der Waals surface area contributed by atoms with Gasteiger partial charge in [0.05, 0.1) is 34.3 Å². The van der Waals surface area contributed by atoms with Crippen LogP contribution in [0.4, 0.5) is 31.1 Å². The SMILES string of the molecule is O=C1SC(=Cc2ccc3c(cnn3Cc3ccc(C(F)(F)F)cc3C(F)(F)F)c2)C(=O)N1C[C@@H]1CCCN2CCCC[C@H]12. The van der Waals surface area contributed by atoms with E-state index in [1.807, 2.05) is 0 Å². The average Bonchev–Trinajstić information content (AvgIpc) is 3.47. The molecule has 0 unspecified atom stereocenters. The van der Waals surface area contributed by atoms with E-state index in [1.54, 1.807) is 24.3 Å². The molecule has 0 spiro atoms. The lowest BCUT2D eigenvalue weighted by Gasteiger charge is -2.45. The molecular weight excluding hydrogens is 594 g/mol. The standard InChI is InChI=1S/C30H28F6N4O2S/c31-29(32,33)22-8-7-19(23(14-22)30(34,35)36)17-40-25-9-6-18(12-21(25)15-37-40)13-26-27(41)39(28(42)43-26)16-20-4-3-11-38-10-2-1-5-24(20)38/h6-9,12-15,20,24H,1-5,10-11,16-17H2/t20-,24+/m0/s1. The van der Waals surface area contributed by atoms with Crippen LogP contribution in [0.2, 0.25) is 0 Å². The van der Waals surface area contributed by atoms with Crippen molar-refractivity contribution in [3.63, 3.8) is 0 Å². The number of alkyl halides is 6. The first-order chi connectivity index (χ1) is 20.4. The first-order valence-electron chi connectivity index (χ1n) is 14.1. The molecule has 2 atom stereocenters. The summed E-state index contributed by atoms with van der Waals surface area (Å²) in [7, 11) is 0. The summed E-state index contributed by atoms with van der Waals surface area (Å²) in [6.07, 6.45) is -1.37. The molecule has 0 bridgehead atoms. The number of aromatic nitrogens is 2. The van der Waals surface area contributed by atoms with Gasteiger partial charge in [-0.25, -0.2) is 0 Å². The summed E-state index contributed by atoms with van der Waals surface area (Å²) >= 11 is 0.891. The summed E-state index contributed by atoms with van der Waals surface area (Å²) in [6.45, 7) is 2.14. The Bertz CT molecular complexity index is 1600. The Morgan fingerprint density at radius 3 is 2.49 bits per heavy atom. The van der Waals surface area contributed by atoms with Crippen molar-refractivity contribution in [2.75, 3.05) is 19.6 Å². The number of rotatable bonds is 5. The molecule has 3 aliphatic heterocycles. The fourth-order valence-electron chi connectivity index (χ4n) is 6.47. The Morgan fingerprint density at radius 1 is 0.930 bits per heavy atom. The van der Waals surface area contributed by atoms with Crippen LogP contribution < -0.4 is 0 Å². The van der Waals surface area contributed by atoms with E-state index in [1.165, 1.54) is 22.2 Å². The van der Waals surface area contributed by atoms with Gasteiger partial charge in [0.15, 0.2) is 0 Å². The summed E-state index contributed by atoms with van der Waals surface area (Å²) in [5.41, 5.74) is -2.02. The van der Waals surface area contributed by atoms with Gasteiger partial charge < -0.3 is 4.90 Å². The number of fused-ring (bicyclic) bond motifs is 2. The van der Waals surface area contributed by atoms with E-state index >= 15 is 0 Å². The van der Waals surface area contributed by atoms with Crippen LogP contribution in [0.5, 0.6) is 0 Å². The van der Waals surface area contributed by atoms with Crippen molar-refractivity contribution in [3.8, 4) is 0 Å². The van der Waals surface area contributed by atoms with Gasteiger partial charge in [-0.15, -0.1) is 0 Å². The lowest BCUT2D eigenvalue weighted by molar-refractivity contribution is -0.143. The number of halogens is 6. The maximum Gasteiger partial charge on any atom is 0.416 e. The van der Waals surface area contributed by atoms with Crippen molar-refractivity contribution in [2.24, 2.45) is 5.92 Å². The van der Waals surface area contributed by atoms with Crippen LogP contribution in [0.3, 0.4) is 0 Å². The molecule has 0 N–H and O–H groups in total. The lowest BCUT2D eigenvalue weighted by Crippen LogP contribution is -2.51. The van der Waals surface area contributed by atoms with Gasteiger partial charge in [-0.05, 0) is 97.9 Å². The molecule has 1 aromatic heterocycles. The number of carbonyl (C=O) groups excluding carboxylic acids is 2. The van der Waals surface area contributed by atoms with Crippen LogP contribution >= 0.6 is 11.8 Å². The molecule has 228 valence electrons. The molecule has 4 heterocycles. The van der Waals surface area contributed by atoms with Crippen molar-refractivity contribution in [3.05, 3.63) is 69.8 Å². The zero-order valence-electron chi connectivity index (χ0n) is 22.9. The van der Waals surface area contributed by atoms with Crippen molar-refractivity contribution in [1.82, 2.24) is 19.6 Å². The van der Waals surface area contributed by atoms with E-state index in [-0.39, 0.29) is 28.7 Å². The van der Waals surface area contributed by atoms with Gasteiger partial charge >= 0.3 is 12.4 Å². The highest BCUT2D eigenvalue weighted by Gasteiger charge is 2.41. The summed E-state index contributed by atoms with van der Waals surface area (Å²) in [5, 5.41) is 4.43. The second-order valence-electron chi connectivity index (χ2n) is 11.3. The summed E-state index contributed by atoms with van der Waals surface area (Å²) in [6, 6.07) is 6.94. The van der Waals surface area contributed by atoms with Crippen LogP contribution in [0, 0.1) is 5.92 Å². The summed E-state index contributed by atoms with van der Waals surface area (Å²) < 4.78 is 81.3. The number of benzene rings is 2. The highest BCUT2D eigenvalue weighted by atomic mass is 32.2. The molecule has 43 heavy (non-hydrogen) atoms. The normalized spacial score (nSPS) is 23.0. The molecule has 6 nitrogen and oxygen atoms in total. The number of amides is 2. The number of hydrogen-bond donors (Lipinski definition) is 0. The van der Waals surface area contributed by atoms with E-state index in [4.69, 9.17) is 0 Å². The number of hydrogen-bond acceptors (Lipinski definition) is 5. The molecule has 6 rings (SSSR count). The van der Waals surface area contributed by atoms with Gasteiger partial charge in [0.1, 0.15) is 0 Å². The molecule has 0 aliphatic carbocycles. The number of imide groups is 1. The Hall–Kier alpha value is -3.32. The van der Waals surface area contributed by atoms with Gasteiger partial charge in [-0.3, -0.25) is 19.2 Å². The third-order valence-electron chi connectivity index (χ3n) is 8.55. The Kier molecular flexibility index (Phi) is 7.82. The van der Waals surface area contributed by atoms with Crippen LogP contribution in [0.25, 0.3) is 17.0 Å². The number of piperidine rings is 2. The second kappa shape index (κ2) is 11.3. The topological polar surface area (TPSA) is 58.4 Å². The highest BCUT2D eigenvalue weighted by Crippen LogP contribution is 2.39. The van der Waals surface area contributed by atoms with E-state index in [2.05, 4.69) is 10.00 Å². The smallest absolute Gasteiger partial charge is 0.300 e. The van der Waals surface area contributed by atoms with E-state index < -0.39 is 30.0 Å². The molecule has 13 heteroatoms. The zero-order valence-corrected chi connectivity index (χ0v) is 23.7. The predicted molar refractivity (Wildman–Crippen MR) is 150 cm³/mol. The van der Waals surface area contributed by atoms with Crippen molar-refractivity contribution < 1.29 is 35.9 Å². The Labute approximate surface area is 247 Å². The molecule has 3 aliphatic rings. The van der Waals surface area contributed by atoms with Gasteiger partial charge in [0.2, 0.25) is 0 Å². The van der Waals surface area contributed by atoms with Gasteiger partial charge in [-0.1, -0.05) is 18.6 Å². The predicted octanol–water partition coefficient (Wildman–Crippen LogP) is 7.42. The molecule has 3 fully saturated rings. The first-order valence-corrected chi connectivity index (χ1v) is 14.9. The van der Waals surface area contributed by atoms with E-state index in [0.717, 1.165) is 56.6 Å². The maximum atomic E-state index is 13.6. The minimum Gasteiger partial charge on any atom is -0.300 e. The van der Waals surface area contributed by atoms with Crippen LogP contribution in [0.1, 0.15) is 54.4 Å². The largest absolute Gasteiger partial charge is 0.416 e. The lowest BCUT2D eigenvalue weighted by atomic mass is 9.83. The average molecular weight is 623 g/mol. The van der Waals surface area contributed by atoms with Gasteiger partial charge in [0, 0.05) is 18.0 Å². The molecule has 2 aromatic carbocycles. The third-order valence-corrected chi connectivity index (χ3v) is 9.45. The van der Waals surface area contributed by atoms with Crippen LogP contribution in [0.15, 0.2) is 47.5 Å². The van der Waals surface area contributed by atoms with Crippen molar-refractivity contribution in [2.45, 2.75) is 57.0 Å². The minimum atomic E-state index is -4.98. The fourth-order valence-corrected chi connectivity index (χ4v) is 7.32. The van der Waals surface area contributed by atoms with E-state index in [9.17, 15) is 35.9 Å². The maximum absolute atomic E-state index is 13.6. The molecule has 3 saturated heterocycles. The van der Waals surface area contributed by atoms with E-state index in [0.29, 0.717) is 40.0 Å². The summed E-state index contributed by atoms with van der Waals surface area (Å²) in [4.78, 5) is 30.2. The molecule has 3 aromatic rings. The van der Waals surface area contributed by atoms with Gasteiger partial charge in [0.25, 0.3) is 11.1 Å². The summed E-state index contributed by atoms with van der Waals surface area (Å²) in [5.74, 6) is -0.0766.